The molecule has 0 spiro atoms. The van der Waals surface area contributed by atoms with Crippen molar-refractivity contribution in [3.63, 3.8) is 0 Å². The zero-order chi connectivity index (χ0) is 7.73. The van der Waals surface area contributed by atoms with Crippen LogP contribution in [-0.2, 0) is 0 Å². The lowest BCUT2D eigenvalue weighted by Crippen LogP contribution is -2.45. The van der Waals surface area contributed by atoms with Gasteiger partial charge in [-0.1, -0.05) is 0 Å². The van der Waals surface area contributed by atoms with E-state index in [2.05, 4.69) is 11.0 Å². The van der Waals surface area contributed by atoms with Gasteiger partial charge in [0.1, 0.15) is 5.54 Å². The molecule has 0 radical (unpaired) electrons. The van der Waals surface area contributed by atoms with E-state index in [0.717, 1.165) is 25.9 Å². The van der Waals surface area contributed by atoms with Crippen LogP contribution in [0.1, 0.15) is 32.1 Å². The molecule has 0 aromatic rings. The lowest BCUT2D eigenvalue weighted by molar-refractivity contribution is 0.140. The molecule has 0 bridgehead atoms. The third-order valence-corrected chi connectivity index (χ3v) is 3.10. The first kappa shape index (κ1) is 7.12. The lowest BCUT2D eigenvalue weighted by atomic mass is 9.88. The second kappa shape index (κ2) is 2.49. The van der Waals surface area contributed by atoms with Gasteiger partial charge >= 0.3 is 0 Å². The third-order valence-electron chi connectivity index (χ3n) is 3.10. The van der Waals surface area contributed by atoms with Gasteiger partial charge < -0.3 is 0 Å². The molecule has 1 atom stereocenters. The van der Waals surface area contributed by atoms with Crippen LogP contribution in [0.25, 0.3) is 0 Å². The van der Waals surface area contributed by atoms with Crippen LogP contribution in [0.2, 0.25) is 0 Å². The topological polar surface area (TPSA) is 27.0 Å². The van der Waals surface area contributed by atoms with Gasteiger partial charge in [-0.25, -0.2) is 0 Å². The molecule has 0 aromatic heterocycles. The molecule has 2 nitrogen and oxygen atoms in total. The molecule has 2 aliphatic rings. The monoisotopic (exact) mass is 150 g/mol. The molecule has 1 unspecified atom stereocenters. The molecule has 0 amide bonds. The fourth-order valence-corrected chi connectivity index (χ4v) is 2.45. The molecule has 0 aromatic carbocycles. The van der Waals surface area contributed by atoms with Gasteiger partial charge in [-0.05, 0) is 45.2 Å². The predicted octanol–water partition coefficient (Wildman–Crippen LogP) is 1.53. The third kappa shape index (κ3) is 0.954. The molecule has 2 fully saturated rings. The van der Waals surface area contributed by atoms with Crippen LogP contribution < -0.4 is 0 Å². The number of hydrogen-bond donors (Lipinski definition) is 0. The number of fused-ring (bicyclic) bond motifs is 1. The first-order valence-corrected chi connectivity index (χ1v) is 4.54. The SMILES string of the molecule is N#CC12CCCCN1CCC2. The second-order valence-corrected chi connectivity index (χ2v) is 3.69. The maximum atomic E-state index is 9.06. The maximum Gasteiger partial charge on any atom is 0.109 e. The van der Waals surface area contributed by atoms with Gasteiger partial charge in [-0.2, -0.15) is 5.26 Å². The Morgan fingerprint density at radius 2 is 1.82 bits per heavy atom. The Morgan fingerprint density at radius 1 is 1.09 bits per heavy atom. The zero-order valence-corrected chi connectivity index (χ0v) is 6.84. The fraction of sp³-hybridized carbons (Fsp3) is 0.889. The van der Waals surface area contributed by atoms with Crippen LogP contribution in [0.4, 0.5) is 0 Å². The molecule has 0 N–H and O–H groups in total. The number of rotatable bonds is 0. The number of piperidine rings is 1. The minimum Gasteiger partial charge on any atom is -0.286 e. The summed E-state index contributed by atoms with van der Waals surface area (Å²) in [5, 5.41) is 9.06. The van der Waals surface area contributed by atoms with Crippen molar-refractivity contribution in [1.82, 2.24) is 4.90 Å². The largest absolute Gasteiger partial charge is 0.286 e. The fourth-order valence-electron chi connectivity index (χ4n) is 2.45. The van der Waals surface area contributed by atoms with Crippen LogP contribution >= 0.6 is 0 Å². The average molecular weight is 150 g/mol. The molecule has 60 valence electrons. The van der Waals surface area contributed by atoms with E-state index >= 15 is 0 Å². The molecule has 2 heteroatoms. The van der Waals surface area contributed by atoms with Crippen molar-refractivity contribution in [1.29, 1.82) is 5.26 Å². The van der Waals surface area contributed by atoms with Crippen molar-refractivity contribution in [2.45, 2.75) is 37.6 Å². The van der Waals surface area contributed by atoms with E-state index in [9.17, 15) is 0 Å². The first-order chi connectivity index (χ1) is 5.37. The van der Waals surface area contributed by atoms with Crippen LogP contribution in [0.5, 0.6) is 0 Å². The maximum absolute atomic E-state index is 9.06. The van der Waals surface area contributed by atoms with Crippen molar-refractivity contribution in [2.75, 3.05) is 13.1 Å². The number of hydrogen-bond acceptors (Lipinski definition) is 2. The molecular weight excluding hydrogens is 136 g/mol. The quantitative estimate of drug-likeness (QED) is 0.523. The summed E-state index contributed by atoms with van der Waals surface area (Å²) in [7, 11) is 0. The standard InChI is InChI=1S/C9H14N2/c10-8-9-4-1-2-6-11(9)7-3-5-9/h1-7H2. The summed E-state index contributed by atoms with van der Waals surface area (Å²) >= 11 is 0. The normalized spacial score (nSPS) is 38.1. The van der Waals surface area contributed by atoms with Crippen LogP contribution in [-0.4, -0.2) is 23.5 Å². The number of nitriles is 1. The van der Waals surface area contributed by atoms with Gasteiger partial charge in [-0.15, -0.1) is 0 Å². The summed E-state index contributed by atoms with van der Waals surface area (Å²) in [6.07, 6.45) is 6.01. The predicted molar refractivity (Wildman–Crippen MR) is 43.0 cm³/mol. The van der Waals surface area contributed by atoms with Crippen molar-refractivity contribution in [3.8, 4) is 6.07 Å². The molecule has 11 heavy (non-hydrogen) atoms. The van der Waals surface area contributed by atoms with Gasteiger partial charge in [0, 0.05) is 0 Å². The summed E-state index contributed by atoms with van der Waals surface area (Å²) in [5.74, 6) is 0. The van der Waals surface area contributed by atoms with E-state index in [0.29, 0.717) is 0 Å². The Morgan fingerprint density at radius 3 is 2.55 bits per heavy atom. The summed E-state index contributed by atoms with van der Waals surface area (Å²) in [4.78, 5) is 2.39. The molecule has 2 aliphatic heterocycles. The molecule has 2 saturated heterocycles. The van der Waals surface area contributed by atoms with Gasteiger partial charge in [0.25, 0.3) is 0 Å². The van der Waals surface area contributed by atoms with E-state index < -0.39 is 0 Å². The molecular formula is C9H14N2. The summed E-state index contributed by atoms with van der Waals surface area (Å²) in [6, 6.07) is 2.51. The van der Waals surface area contributed by atoms with E-state index in [4.69, 9.17) is 5.26 Å². The highest BCUT2D eigenvalue weighted by Gasteiger charge is 2.42. The van der Waals surface area contributed by atoms with Crippen molar-refractivity contribution in [2.24, 2.45) is 0 Å². The lowest BCUT2D eigenvalue weighted by Gasteiger charge is -2.36. The Labute approximate surface area is 67.8 Å². The first-order valence-electron chi connectivity index (χ1n) is 4.54. The van der Waals surface area contributed by atoms with E-state index in [1.807, 2.05) is 0 Å². The van der Waals surface area contributed by atoms with Gasteiger partial charge in [-0.3, -0.25) is 4.90 Å². The summed E-state index contributed by atoms with van der Waals surface area (Å²) in [5.41, 5.74) is -0.0295. The Balaban J connectivity index is 2.20. The van der Waals surface area contributed by atoms with E-state index in [1.54, 1.807) is 0 Å². The average Bonchev–Trinajstić information content (AvgIpc) is 2.48. The zero-order valence-electron chi connectivity index (χ0n) is 6.84. The van der Waals surface area contributed by atoms with E-state index in [1.165, 1.54) is 19.3 Å². The Kier molecular flexibility index (Phi) is 1.61. The molecule has 0 saturated carbocycles. The summed E-state index contributed by atoms with van der Waals surface area (Å²) in [6.45, 7) is 2.32. The van der Waals surface area contributed by atoms with Crippen LogP contribution in [0, 0.1) is 11.3 Å². The van der Waals surface area contributed by atoms with Crippen LogP contribution in [0.15, 0.2) is 0 Å². The highest BCUT2D eigenvalue weighted by atomic mass is 15.2. The van der Waals surface area contributed by atoms with Crippen molar-refractivity contribution >= 4 is 0 Å². The van der Waals surface area contributed by atoms with Gasteiger partial charge in [0.15, 0.2) is 0 Å². The van der Waals surface area contributed by atoms with Gasteiger partial charge in [0.2, 0.25) is 0 Å². The summed E-state index contributed by atoms with van der Waals surface area (Å²) < 4.78 is 0. The van der Waals surface area contributed by atoms with E-state index in [-0.39, 0.29) is 5.54 Å². The molecule has 0 aliphatic carbocycles. The van der Waals surface area contributed by atoms with Crippen molar-refractivity contribution in [3.05, 3.63) is 0 Å². The van der Waals surface area contributed by atoms with Crippen molar-refractivity contribution < 1.29 is 0 Å². The Hall–Kier alpha value is -0.550. The smallest absolute Gasteiger partial charge is 0.109 e. The second-order valence-electron chi connectivity index (χ2n) is 3.69. The van der Waals surface area contributed by atoms with Gasteiger partial charge in [0.05, 0.1) is 6.07 Å². The highest BCUT2D eigenvalue weighted by Crippen LogP contribution is 2.36. The van der Waals surface area contributed by atoms with Crippen LogP contribution in [0.3, 0.4) is 0 Å². The highest BCUT2D eigenvalue weighted by molar-refractivity contribution is 5.12. The molecule has 2 heterocycles. The Bertz CT molecular complexity index is 194. The minimum atomic E-state index is -0.0295. The minimum absolute atomic E-state index is 0.0295. The molecule has 2 rings (SSSR count). The number of nitrogens with zero attached hydrogens (tertiary/aromatic N) is 2.